The average Bonchev–Trinajstić information content (AvgIpc) is 3.17. The molecule has 8 nitrogen and oxygen atoms in total. The molecule has 0 radical (unpaired) electrons. The van der Waals surface area contributed by atoms with Crippen LogP contribution in [0.3, 0.4) is 0 Å². The Morgan fingerprint density at radius 1 is 1.05 bits per heavy atom. The normalized spacial score (nSPS) is 20.0. The summed E-state index contributed by atoms with van der Waals surface area (Å²) >= 11 is 0. The number of fused-ring (bicyclic) bond motifs is 2. The highest BCUT2D eigenvalue weighted by molar-refractivity contribution is 6.13. The number of ether oxygens (including phenoxy) is 1. The van der Waals surface area contributed by atoms with Gasteiger partial charge >= 0.3 is 0 Å². The lowest BCUT2D eigenvalue weighted by atomic mass is 9.72. The summed E-state index contributed by atoms with van der Waals surface area (Å²) in [6.07, 6.45) is 0.915. The standard InChI is InChI=1S/C31H34N4O4/c1-30(2,28(32)37)24(19-39-25-15-9-13-22-12-7-8-14-23(22)25)27(36)35-17-16-26-31(20-35,29(38)34(3)33-26)18-21-10-5-4-6-11-21/h4-15,24H,16-20H2,1-3H3,(H2,32,37)/t24-,31-/m1/s1. The fraction of sp³-hybridized carbons (Fsp3) is 0.355. The number of primary amides is 1. The topological polar surface area (TPSA) is 105 Å². The molecule has 3 amide bonds. The van der Waals surface area contributed by atoms with E-state index in [9.17, 15) is 14.4 Å². The SMILES string of the molecule is CN1N=C2CCN(C(=O)[C@@H](COc3cccc4ccccc34)C(C)(C)C(N)=O)C[C@@]2(Cc2ccccc2)C1=O. The van der Waals surface area contributed by atoms with E-state index in [0.29, 0.717) is 25.1 Å². The van der Waals surface area contributed by atoms with E-state index in [2.05, 4.69) is 5.10 Å². The number of rotatable bonds is 8. The molecule has 5 rings (SSSR count). The van der Waals surface area contributed by atoms with E-state index in [4.69, 9.17) is 10.5 Å². The highest BCUT2D eigenvalue weighted by atomic mass is 16.5. The number of piperidine rings is 1. The van der Waals surface area contributed by atoms with Gasteiger partial charge in [-0.3, -0.25) is 14.4 Å². The fourth-order valence-corrected chi connectivity index (χ4v) is 5.69. The van der Waals surface area contributed by atoms with Crippen molar-refractivity contribution in [3.05, 3.63) is 78.4 Å². The number of benzene rings is 3. The van der Waals surface area contributed by atoms with Gasteiger partial charge < -0.3 is 15.4 Å². The molecule has 2 N–H and O–H groups in total. The van der Waals surface area contributed by atoms with Gasteiger partial charge in [0.05, 0.1) is 17.0 Å². The summed E-state index contributed by atoms with van der Waals surface area (Å²) in [5, 5.41) is 7.87. The lowest BCUT2D eigenvalue weighted by Crippen LogP contribution is -2.58. The number of likely N-dealkylation sites (tertiary alicyclic amines) is 1. The summed E-state index contributed by atoms with van der Waals surface area (Å²) < 4.78 is 6.22. The minimum absolute atomic E-state index is 0.0280. The summed E-state index contributed by atoms with van der Waals surface area (Å²) in [7, 11) is 1.66. The molecule has 0 aromatic heterocycles. The molecular weight excluding hydrogens is 492 g/mol. The van der Waals surface area contributed by atoms with Crippen LogP contribution in [0, 0.1) is 16.7 Å². The lowest BCUT2D eigenvalue weighted by molar-refractivity contribution is -0.149. The Labute approximate surface area is 228 Å². The molecule has 0 spiro atoms. The van der Waals surface area contributed by atoms with Gasteiger partial charge in [0, 0.05) is 31.9 Å². The van der Waals surface area contributed by atoms with Gasteiger partial charge in [0.15, 0.2) is 0 Å². The van der Waals surface area contributed by atoms with Crippen LogP contribution in [0.2, 0.25) is 0 Å². The van der Waals surface area contributed by atoms with Gasteiger partial charge in [0.1, 0.15) is 17.8 Å². The summed E-state index contributed by atoms with van der Waals surface area (Å²) in [6, 6.07) is 23.4. The third-order valence-electron chi connectivity index (χ3n) is 8.23. The number of carbonyl (C=O) groups is 3. The Hall–Kier alpha value is -4.20. The Morgan fingerprint density at radius 2 is 1.74 bits per heavy atom. The maximum absolute atomic E-state index is 14.2. The molecule has 0 unspecified atom stereocenters. The van der Waals surface area contributed by atoms with E-state index in [1.165, 1.54) is 5.01 Å². The van der Waals surface area contributed by atoms with Gasteiger partial charge in [-0.1, -0.05) is 80.6 Å². The van der Waals surface area contributed by atoms with Gasteiger partial charge in [-0.25, -0.2) is 5.01 Å². The smallest absolute Gasteiger partial charge is 0.256 e. The second-order valence-electron chi connectivity index (χ2n) is 11.1. The number of nitrogens with two attached hydrogens (primary N) is 1. The van der Waals surface area contributed by atoms with Gasteiger partial charge in [0.2, 0.25) is 11.8 Å². The van der Waals surface area contributed by atoms with Crippen molar-refractivity contribution in [2.45, 2.75) is 26.7 Å². The summed E-state index contributed by atoms with van der Waals surface area (Å²) in [4.78, 5) is 42.0. The van der Waals surface area contributed by atoms with Crippen LogP contribution in [0.4, 0.5) is 0 Å². The minimum Gasteiger partial charge on any atom is -0.492 e. The van der Waals surface area contributed by atoms with Crippen molar-refractivity contribution in [1.82, 2.24) is 9.91 Å². The van der Waals surface area contributed by atoms with Crippen LogP contribution in [0.5, 0.6) is 5.75 Å². The molecule has 0 aliphatic carbocycles. The zero-order chi connectivity index (χ0) is 27.8. The highest BCUT2D eigenvalue weighted by Crippen LogP contribution is 2.40. The molecule has 0 saturated carbocycles. The lowest BCUT2D eigenvalue weighted by Gasteiger charge is -2.42. The number of amides is 3. The van der Waals surface area contributed by atoms with Gasteiger partial charge in [-0.05, 0) is 23.4 Å². The van der Waals surface area contributed by atoms with Gasteiger partial charge in [-0.2, -0.15) is 5.10 Å². The van der Waals surface area contributed by atoms with Crippen molar-refractivity contribution in [2.24, 2.45) is 27.6 Å². The first kappa shape index (κ1) is 26.4. The molecule has 202 valence electrons. The monoisotopic (exact) mass is 526 g/mol. The van der Waals surface area contributed by atoms with Crippen LogP contribution in [0.15, 0.2) is 77.9 Å². The largest absolute Gasteiger partial charge is 0.492 e. The van der Waals surface area contributed by atoms with Crippen LogP contribution in [0.1, 0.15) is 25.8 Å². The second kappa shape index (κ2) is 10.2. The number of hydrogen-bond donors (Lipinski definition) is 1. The van der Waals surface area contributed by atoms with Crippen LogP contribution in [-0.2, 0) is 20.8 Å². The van der Waals surface area contributed by atoms with E-state index in [1.54, 1.807) is 25.8 Å². The number of nitrogens with zero attached hydrogens (tertiary/aromatic N) is 3. The van der Waals surface area contributed by atoms with E-state index in [1.807, 2.05) is 72.8 Å². The Morgan fingerprint density at radius 3 is 2.49 bits per heavy atom. The van der Waals surface area contributed by atoms with Gasteiger partial charge in [0.25, 0.3) is 5.91 Å². The van der Waals surface area contributed by atoms with Crippen LogP contribution >= 0.6 is 0 Å². The summed E-state index contributed by atoms with van der Waals surface area (Å²) in [6.45, 7) is 3.90. The zero-order valence-corrected chi connectivity index (χ0v) is 22.6. The first-order chi connectivity index (χ1) is 18.6. The first-order valence-corrected chi connectivity index (χ1v) is 13.2. The summed E-state index contributed by atoms with van der Waals surface area (Å²) in [5.74, 6) is -1.19. The highest BCUT2D eigenvalue weighted by Gasteiger charge is 2.54. The van der Waals surface area contributed by atoms with Crippen LogP contribution < -0.4 is 10.5 Å². The average molecular weight is 527 g/mol. The maximum atomic E-state index is 14.2. The Bertz CT molecular complexity index is 1450. The molecule has 39 heavy (non-hydrogen) atoms. The van der Waals surface area contributed by atoms with E-state index in [-0.39, 0.29) is 25.0 Å². The fourth-order valence-electron chi connectivity index (χ4n) is 5.69. The first-order valence-electron chi connectivity index (χ1n) is 13.2. The van der Waals surface area contributed by atoms with Crippen molar-refractivity contribution in [1.29, 1.82) is 0 Å². The molecule has 1 fully saturated rings. The molecule has 2 atom stereocenters. The predicted octanol–water partition coefficient (Wildman–Crippen LogP) is 3.64. The molecule has 1 saturated heterocycles. The van der Waals surface area contributed by atoms with Crippen molar-refractivity contribution >= 4 is 34.2 Å². The molecule has 2 heterocycles. The third kappa shape index (κ3) is 4.75. The van der Waals surface area contributed by atoms with Crippen LogP contribution in [0.25, 0.3) is 10.8 Å². The van der Waals surface area contributed by atoms with E-state index in [0.717, 1.165) is 22.0 Å². The quantitative estimate of drug-likeness (QED) is 0.484. The molecule has 0 bridgehead atoms. The number of hydrazone groups is 1. The van der Waals surface area contributed by atoms with Crippen molar-refractivity contribution in [3.8, 4) is 5.75 Å². The van der Waals surface area contributed by atoms with E-state index >= 15 is 0 Å². The molecule has 2 aliphatic heterocycles. The third-order valence-corrected chi connectivity index (χ3v) is 8.23. The van der Waals surface area contributed by atoms with Crippen molar-refractivity contribution in [3.63, 3.8) is 0 Å². The van der Waals surface area contributed by atoms with Crippen molar-refractivity contribution in [2.75, 3.05) is 26.7 Å². The molecule has 2 aliphatic rings. The predicted molar refractivity (Wildman–Crippen MR) is 150 cm³/mol. The molecule has 3 aromatic rings. The Kier molecular flexibility index (Phi) is 6.89. The van der Waals surface area contributed by atoms with Crippen molar-refractivity contribution < 1.29 is 19.1 Å². The Balaban J connectivity index is 1.44. The minimum atomic E-state index is -1.18. The second-order valence-corrected chi connectivity index (χ2v) is 11.1. The summed E-state index contributed by atoms with van der Waals surface area (Å²) in [5.41, 5.74) is 5.47. The zero-order valence-electron chi connectivity index (χ0n) is 22.6. The number of carbonyl (C=O) groups excluding carboxylic acids is 3. The number of hydrogen-bond acceptors (Lipinski definition) is 5. The van der Waals surface area contributed by atoms with Gasteiger partial charge in [-0.15, -0.1) is 0 Å². The van der Waals surface area contributed by atoms with E-state index < -0.39 is 22.7 Å². The molecule has 8 heteroatoms. The van der Waals surface area contributed by atoms with Crippen LogP contribution in [-0.4, -0.2) is 60.1 Å². The molecule has 3 aromatic carbocycles. The molecular formula is C31H34N4O4. The maximum Gasteiger partial charge on any atom is 0.256 e.